The van der Waals surface area contributed by atoms with Gasteiger partial charge in [0, 0.05) is 12.6 Å². The predicted molar refractivity (Wildman–Crippen MR) is 60.5 cm³/mol. The number of pyridine rings is 1. The van der Waals surface area contributed by atoms with Crippen molar-refractivity contribution in [3.05, 3.63) is 23.9 Å². The number of nitrogens with zero attached hydrogens (tertiary/aromatic N) is 1. The van der Waals surface area contributed by atoms with Crippen LogP contribution >= 0.6 is 0 Å². The number of aromatic nitrogens is 1. The van der Waals surface area contributed by atoms with Gasteiger partial charge in [-0.05, 0) is 19.9 Å². The van der Waals surface area contributed by atoms with Crippen molar-refractivity contribution in [2.24, 2.45) is 0 Å². The number of rotatable bonds is 4. The van der Waals surface area contributed by atoms with Crippen molar-refractivity contribution in [3.8, 4) is 18.2 Å². The summed E-state index contributed by atoms with van der Waals surface area (Å²) in [6.07, 6.45) is 5.37. The maximum atomic E-state index is 5.37. The zero-order valence-electron chi connectivity index (χ0n) is 9.37. The first-order valence-corrected chi connectivity index (χ1v) is 4.80. The number of terminal acetylenes is 1. The van der Waals surface area contributed by atoms with Gasteiger partial charge in [-0.15, -0.1) is 6.42 Å². The average Bonchev–Trinajstić information content (AvgIpc) is 2.27. The molecule has 0 radical (unpaired) electrons. The second-order valence-corrected chi connectivity index (χ2v) is 3.79. The highest BCUT2D eigenvalue weighted by atomic mass is 16.5. The fourth-order valence-corrected chi connectivity index (χ4v) is 1.03. The normalized spacial score (nSPS) is 10.8. The Morgan fingerprint density at radius 1 is 1.53 bits per heavy atom. The van der Waals surface area contributed by atoms with Crippen molar-refractivity contribution >= 4 is 0 Å². The highest BCUT2D eigenvalue weighted by Crippen LogP contribution is 2.08. The predicted octanol–water partition coefficient (Wildman–Crippen LogP) is 1.59. The molecule has 1 aromatic heterocycles. The minimum Gasteiger partial charge on any atom is -0.481 e. The van der Waals surface area contributed by atoms with Crippen molar-refractivity contribution in [1.29, 1.82) is 0 Å². The molecule has 0 saturated heterocycles. The lowest BCUT2D eigenvalue weighted by atomic mass is 10.1. The van der Waals surface area contributed by atoms with E-state index in [1.54, 1.807) is 7.11 Å². The van der Waals surface area contributed by atoms with E-state index in [1.165, 1.54) is 0 Å². The largest absolute Gasteiger partial charge is 0.481 e. The SMILES string of the molecule is C#CC(C)(C)NCc1cccc(OC)n1. The lowest BCUT2D eigenvalue weighted by Crippen LogP contribution is -2.37. The summed E-state index contributed by atoms with van der Waals surface area (Å²) in [7, 11) is 1.60. The van der Waals surface area contributed by atoms with Crippen LogP contribution in [0.3, 0.4) is 0 Å². The molecule has 0 amide bonds. The van der Waals surface area contributed by atoms with Crippen LogP contribution in [-0.4, -0.2) is 17.6 Å². The van der Waals surface area contributed by atoms with Gasteiger partial charge in [-0.25, -0.2) is 4.98 Å². The van der Waals surface area contributed by atoms with Gasteiger partial charge in [0.15, 0.2) is 0 Å². The molecule has 0 aromatic carbocycles. The lowest BCUT2D eigenvalue weighted by molar-refractivity contribution is 0.394. The Bertz CT molecular complexity index is 366. The molecule has 1 aromatic rings. The van der Waals surface area contributed by atoms with E-state index in [0.29, 0.717) is 12.4 Å². The molecule has 3 nitrogen and oxygen atoms in total. The van der Waals surface area contributed by atoms with Crippen molar-refractivity contribution in [1.82, 2.24) is 10.3 Å². The Morgan fingerprint density at radius 2 is 2.27 bits per heavy atom. The molecule has 1 heterocycles. The molecule has 1 rings (SSSR count). The van der Waals surface area contributed by atoms with Gasteiger partial charge in [-0.2, -0.15) is 0 Å². The van der Waals surface area contributed by atoms with Crippen molar-refractivity contribution in [2.75, 3.05) is 7.11 Å². The second-order valence-electron chi connectivity index (χ2n) is 3.79. The molecule has 0 aliphatic heterocycles. The lowest BCUT2D eigenvalue weighted by Gasteiger charge is -2.19. The summed E-state index contributed by atoms with van der Waals surface area (Å²) in [6, 6.07) is 5.66. The number of ether oxygens (including phenoxy) is 1. The number of hydrogen-bond donors (Lipinski definition) is 1. The average molecular weight is 204 g/mol. The van der Waals surface area contributed by atoms with E-state index in [0.717, 1.165) is 5.69 Å². The minimum atomic E-state index is -0.315. The van der Waals surface area contributed by atoms with E-state index in [1.807, 2.05) is 32.0 Å². The molecule has 80 valence electrons. The van der Waals surface area contributed by atoms with Gasteiger partial charge in [0.2, 0.25) is 5.88 Å². The van der Waals surface area contributed by atoms with Gasteiger partial charge in [0.05, 0.1) is 18.3 Å². The van der Waals surface area contributed by atoms with Gasteiger partial charge in [-0.3, -0.25) is 5.32 Å². The van der Waals surface area contributed by atoms with Gasteiger partial charge in [0.25, 0.3) is 0 Å². The van der Waals surface area contributed by atoms with Crippen LogP contribution in [0, 0.1) is 12.3 Å². The monoisotopic (exact) mass is 204 g/mol. The summed E-state index contributed by atoms with van der Waals surface area (Å²) < 4.78 is 5.03. The molecule has 15 heavy (non-hydrogen) atoms. The number of methoxy groups -OCH3 is 1. The van der Waals surface area contributed by atoms with Crippen LogP contribution < -0.4 is 10.1 Å². The summed E-state index contributed by atoms with van der Waals surface area (Å²) in [5.74, 6) is 3.29. The molecular formula is C12H16N2O. The zero-order chi connectivity index (χ0) is 11.3. The molecule has 1 N–H and O–H groups in total. The van der Waals surface area contributed by atoms with Crippen molar-refractivity contribution in [2.45, 2.75) is 25.9 Å². The van der Waals surface area contributed by atoms with E-state index < -0.39 is 0 Å². The van der Waals surface area contributed by atoms with E-state index in [4.69, 9.17) is 11.2 Å². The Labute approximate surface area is 90.9 Å². The molecule has 3 heteroatoms. The van der Waals surface area contributed by atoms with Crippen LogP contribution in [0.2, 0.25) is 0 Å². The third kappa shape index (κ3) is 3.61. The molecular weight excluding hydrogens is 188 g/mol. The second kappa shape index (κ2) is 4.81. The van der Waals surface area contributed by atoms with E-state index in [2.05, 4.69) is 16.2 Å². The van der Waals surface area contributed by atoms with Crippen LogP contribution in [0.15, 0.2) is 18.2 Å². The topological polar surface area (TPSA) is 34.1 Å². The van der Waals surface area contributed by atoms with Crippen molar-refractivity contribution < 1.29 is 4.74 Å². The van der Waals surface area contributed by atoms with Gasteiger partial charge >= 0.3 is 0 Å². The first-order chi connectivity index (χ1) is 7.07. The van der Waals surface area contributed by atoms with Gasteiger partial charge < -0.3 is 4.74 Å². The zero-order valence-corrected chi connectivity index (χ0v) is 9.37. The van der Waals surface area contributed by atoms with E-state index >= 15 is 0 Å². The third-order valence-corrected chi connectivity index (χ3v) is 2.06. The van der Waals surface area contributed by atoms with Crippen LogP contribution in [0.4, 0.5) is 0 Å². The Balaban J connectivity index is 2.62. The summed E-state index contributed by atoms with van der Waals surface area (Å²) in [6.45, 7) is 4.54. The number of nitrogens with one attached hydrogen (secondary N) is 1. The fourth-order valence-electron chi connectivity index (χ4n) is 1.03. The molecule has 0 fully saturated rings. The van der Waals surface area contributed by atoms with Crippen LogP contribution in [0.5, 0.6) is 5.88 Å². The number of hydrogen-bond acceptors (Lipinski definition) is 3. The van der Waals surface area contributed by atoms with Crippen LogP contribution in [-0.2, 0) is 6.54 Å². The van der Waals surface area contributed by atoms with Gasteiger partial charge in [0.1, 0.15) is 0 Å². The minimum absolute atomic E-state index is 0.315. The van der Waals surface area contributed by atoms with Gasteiger partial charge in [-0.1, -0.05) is 12.0 Å². The Kier molecular flexibility index (Phi) is 3.70. The van der Waals surface area contributed by atoms with E-state index in [9.17, 15) is 0 Å². The molecule has 0 saturated carbocycles. The summed E-state index contributed by atoms with van der Waals surface area (Å²) in [5, 5.41) is 3.22. The smallest absolute Gasteiger partial charge is 0.213 e. The van der Waals surface area contributed by atoms with Crippen molar-refractivity contribution in [3.63, 3.8) is 0 Å². The first kappa shape index (κ1) is 11.5. The fraction of sp³-hybridized carbons (Fsp3) is 0.417. The molecule has 0 bridgehead atoms. The van der Waals surface area contributed by atoms with Crippen LogP contribution in [0.1, 0.15) is 19.5 Å². The highest BCUT2D eigenvalue weighted by Gasteiger charge is 2.12. The third-order valence-electron chi connectivity index (χ3n) is 2.06. The maximum absolute atomic E-state index is 5.37. The summed E-state index contributed by atoms with van der Waals surface area (Å²) in [4.78, 5) is 4.28. The summed E-state index contributed by atoms with van der Waals surface area (Å²) >= 11 is 0. The first-order valence-electron chi connectivity index (χ1n) is 4.80. The molecule has 0 unspecified atom stereocenters. The maximum Gasteiger partial charge on any atom is 0.213 e. The van der Waals surface area contributed by atoms with Crippen LogP contribution in [0.25, 0.3) is 0 Å². The standard InChI is InChI=1S/C12H16N2O/c1-5-12(2,3)13-9-10-7-6-8-11(14-10)15-4/h1,6-8,13H,9H2,2-4H3. The van der Waals surface area contributed by atoms with E-state index in [-0.39, 0.29) is 5.54 Å². The summed E-state index contributed by atoms with van der Waals surface area (Å²) in [5.41, 5.74) is 0.600. The molecule has 0 aliphatic rings. The quantitative estimate of drug-likeness (QED) is 0.756. The Morgan fingerprint density at radius 3 is 2.87 bits per heavy atom. The molecule has 0 atom stereocenters. The Hall–Kier alpha value is -1.53. The molecule has 0 aliphatic carbocycles. The molecule has 0 spiro atoms. The highest BCUT2D eigenvalue weighted by molar-refractivity contribution is 5.16.